The quantitative estimate of drug-likeness (QED) is 0.312. The highest BCUT2D eigenvalue weighted by molar-refractivity contribution is 14.0. The molecule has 1 aliphatic carbocycles. The number of alkyl halides is 3. The first-order chi connectivity index (χ1) is 12.9. The molecular formula is C20H28F3IN4. The van der Waals surface area contributed by atoms with Gasteiger partial charge in [-0.05, 0) is 50.2 Å². The number of aromatic amines is 1. The van der Waals surface area contributed by atoms with Gasteiger partial charge in [-0.3, -0.25) is 4.99 Å². The molecule has 156 valence electrons. The van der Waals surface area contributed by atoms with Gasteiger partial charge in [-0.25, -0.2) is 0 Å². The van der Waals surface area contributed by atoms with Crippen molar-refractivity contribution >= 4 is 40.8 Å². The molecule has 3 rings (SSSR count). The predicted octanol–water partition coefficient (Wildman–Crippen LogP) is 4.92. The van der Waals surface area contributed by atoms with E-state index in [0.717, 1.165) is 11.9 Å². The largest absolute Gasteiger partial charge is 0.391 e. The van der Waals surface area contributed by atoms with E-state index in [9.17, 15) is 13.2 Å². The van der Waals surface area contributed by atoms with Crippen molar-refractivity contribution in [1.29, 1.82) is 0 Å². The number of para-hydroxylation sites is 1. The van der Waals surface area contributed by atoms with Gasteiger partial charge in [0.1, 0.15) is 0 Å². The fraction of sp³-hybridized carbons (Fsp3) is 0.550. The number of hydrogen-bond donors (Lipinski definition) is 3. The summed E-state index contributed by atoms with van der Waals surface area (Å²) in [5.74, 6) is -0.502. The Hall–Kier alpha value is -1.45. The highest BCUT2D eigenvalue weighted by Gasteiger charge is 2.41. The van der Waals surface area contributed by atoms with Crippen LogP contribution in [0.2, 0.25) is 0 Å². The first kappa shape index (κ1) is 22.8. The number of nitrogens with one attached hydrogen (secondary N) is 3. The van der Waals surface area contributed by atoms with E-state index >= 15 is 0 Å². The molecule has 0 radical (unpaired) electrons. The van der Waals surface area contributed by atoms with Crippen molar-refractivity contribution in [2.45, 2.75) is 51.2 Å². The number of aromatic nitrogens is 1. The van der Waals surface area contributed by atoms with Crippen LogP contribution >= 0.6 is 24.0 Å². The summed E-state index contributed by atoms with van der Waals surface area (Å²) in [6.07, 6.45) is 0.223. The summed E-state index contributed by atoms with van der Waals surface area (Å²) >= 11 is 0. The second kappa shape index (κ2) is 9.84. The number of rotatable bonds is 4. The number of H-pyrrole nitrogens is 1. The molecular weight excluding hydrogens is 480 g/mol. The summed E-state index contributed by atoms with van der Waals surface area (Å²) in [6.45, 7) is 2.79. The summed E-state index contributed by atoms with van der Waals surface area (Å²) in [5.41, 5.74) is 3.62. The second-order valence-electron chi connectivity index (χ2n) is 7.29. The maximum Gasteiger partial charge on any atom is 0.391 e. The molecule has 0 spiro atoms. The molecule has 4 nitrogen and oxygen atoms in total. The minimum atomic E-state index is -4.07. The lowest BCUT2D eigenvalue weighted by Gasteiger charge is -2.31. The maximum absolute atomic E-state index is 12.8. The smallest absolute Gasteiger partial charge is 0.361 e. The molecule has 0 aliphatic heterocycles. The van der Waals surface area contributed by atoms with Gasteiger partial charge in [0.2, 0.25) is 0 Å². The van der Waals surface area contributed by atoms with E-state index in [1.807, 2.05) is 6.20 Å². The van der Waals surface area contributed by atoms with E-state index in [1.54, 1.807) is 7.05 Å². The lowest BCUT2D eigenvalue weighted by molar-refractivity contribution is -0.182. The van der Waals surface area contributed by atoms with E-state index < -0.39 is 12.1 Å². The van der Waals surface area contributed by atoms with Crippen LogP contribution in [0.15, 0.2) is 29.4 Å². The van der Waals surface area contributed by atoms with E-state index in [4.69, 9.17) is 0 Å². The second-order valence-corrected chi connectivity index (χ2v) is 7.29. The van der Waals surface area contributed by atoms with E-state index in [0.29, 0.717) is 25.3 Å². The van der Waals surface area contributed by atoms with Crippen LogP contribution < -0.4 is 10.6 Å². The van der Waals surface area contributed by atoms with Crippen molar-refractivity contribution in [3.05, 3.63) is 35.5 Å². The molecule has 1 heterocycles. The van der Waals surface area contributed by atoms with Crippen LogP contribution in [0, 0.1) is 12.8 Å². The van der Waals surface area contributed by atoms with Gasteiger partial charge in [-0.15, -0.1) is 24.0 Å². The third kappa shape index (κ3) is 5.55. The van der Waals surface area contributed by atoms with Gasteiger partial charge in [-0.1, -0.05) is 18.2 Å². The van der Waals surface area contributed by atoms with Crippen LogP contribution in [0.4, 0.5) is 13.2 Å². The van der Waals surface area contributed by atoms with Gasteiger partial charge in [0.25, 0.3) is 0 Å². The van der Waals surface area contributed by atoms with E-state index in [1.165, 1.54) is 16.5 Å². The van der Waals surface area contributed by atoms with Crippen molar-refractivity contribution in [2.75, 3.05) is 13.6 Å². The molecule has 0 amide bonds. The summed E-state index contributed by atoms with van der Waals surface area (Å²) in [6, 6.07) is 6.30. The monoisotopic (exact) mass is 508 g/mol. The average molecular weight is 508 g/mol. The van der Waals surface area contributed by atoms with Crippen LogP contribution in [0.5, 0.6) is 0 Å². The van der Waals surface area contributed by atoms with Crippen LogP contribution in [-0.2, 0) is 6.42 Å². The van der Waals surface area contributed by atoms with Gasteiger partial charge < -0.3 is 15.6 Å². The number of hydrogen-bond acceptors (Lipinski definition) is 1. The Morgan fingerprint density at radius 2 is 1.93 bits per heavy atom. The summed E-state index contributed by atoms with van der Waals surface area (Å²) in [4.78, 5) is 7.53. The Balaban J connectivity index is 0.00000280. The lowest BCUT2D eigenvalue weighted by atomic mass is 9.85. The minimum absolute atomic E-state index is 0. The standard InChI is InChI=1S/C20H27F3N4.HI/c1-13-4-3-5-17-14(12-26-18(13)17)10-11-25-19(24-2)27-16-8-6-15(7-9-16)20(21,22)23;/h3-5,12,15-16,26H,6-11H2,1-2H3,(H2,24,25,27);1H. The number of benzene rings is 1. The van der Waals surface area contributed by atoms with Gasteiger partial charge in [0.15, 0.2) is 5.96 Å². The fourth-order valence-corrected chi connectivity index (χ4v) is 3.84. The van der Waals surface area contributed by atoms with E-state index in [-0.39, 0.29) is 42.9 Å². The molecule has 1 fully saturated rings. The Kier molecular flexibility index (Phi) is 8.03. The number of halogens is 4. The van der Waals surface area contributed by atoms with Crippen LogP contribution in [0.3, 0.4) is 0 Å². The predicted molar refractivity (Wildman–Crippen MR) is 118 cm³/mol. The number of aryl methyl sites for hydroxylation is 1. The molecule has 0 atom stereocenters. The molecule has 0 saturated heterocycles. The highest BCUT2D eigenvalue weighted by Crippen LogP contribution is 2.37. The molecule has 8 heteroatoms. The van der Waals surface area contributed by atoms with Gasteiger partial charge >= 0.3 is 6.18 Å². The molecule has 1 aromatic heterocycles. The first-order valence-corrected chi connectivity index (χ1v) is 9.48. The normalized spacial score (nSPS) is 20.7. The molecule has 28 heavy (non-hydrogen) atoms. The zero-order valence-corrected chi connectivity index (χ0v) is 18.5. The summed E-state index contributed by atoms with van der Waals surface area (Å²) in [7, 11) is 1.69. The SMILES string of the molecule is CN=C(NCCc1c[nH]c2c(C)cccc12)NC1CCC(C(F)(F)F)CC1.I. The third-order valence-electron chi connectivity index (χ3n) is 5.45. The van der Waals surface area contributed by atoms with E-state index in [2.05, 4.69) is 45.7 Å². The van der Waals surface area contributed by atoms with Gasteiger partial charge in [0.05, 0.1) is 5.92 Å². The zero-order chi connectivity index (χ0) is 19.4. The summed E-state index contributed by atoms with van der Waals surface area (Å²) < 4.78 is 38.3. The Bertz CT molecular complexity index is 792. The lowest BCUT2D eigenvalue weighted by Crippen LogP contribution is -2.46. The molecule has 0 unspecified atom stereocenters. The Morgan fingerprint density at radius 1 is 1.21 bits per heavy atom. The third-order valence-corrected chi connectivity index (χ3v) is 5.45. The fourth-order valence-electron chi connectivity index (χ4n) is 3.84. The molecule has 3 N–H and O–H groups in total. The van der Waals surface area contributed by atoms with Gasteiger partial charge in [-0.2, -0.15) is 13.2 Å². The van der Waals surface area contributed by atoms with Crippen molar-refractivity contribution in [3.63, 3.8) is 0 Å². The molecule has 0 bridgehead atoms. The van der Waals surface area contributed by atoms with Crippen LogP contribution in [0.1, 0.15) is 36.8 Å². The number of fused-ring (bicyclic) bond motifs is 1. The number of guanidine groups is 1. The van der Waals surface area contributed by atoms with Crippen LogP contribution in [0.25, 0.3) is 10.9 Å². The molecule has 1 aromatic carbocycles. The van der Waals surface area contributed by atoms with Crippen molar-refractivity contribution in [1.82, 2.24) is 15.6 Å². The zero-order valence-electron chi connectivity index (χ0n) is 16.2. The topological polar surface area (TPSA) is 52.2 Å². The van der Waals surface area contributed by atoms with Crippen molar-refractivity contribution < 1.29 is 13.2 Å². The Morgan fingerprint density at radius 3 is 2.57 bits per heavy atom. The molecule has 1 saturated carbocycles. The number of aliphatic imine (C=N–C) groups is 1. The van der Waals surface area contributed by atoms with Gasteiger partial charge in [0, 0.05) is 36.7 Å². The summed E-state index contributed by atoms with van der Waals surface area (Å²) in [5, 5.41) is 7.77. The molecule has 2 aromatic rings. The van der Waals surface area contributed by atoms with Crippen molar-refractivity contribution in [2.24, 2.45) is 10.9 Å². The minimum Gasteiger partial charge on any atom is -0.361 e. The molecule has 1 aliphatic rings. The van der Waals surface area contributed by atoms with Crippen LogP contribution in [-0.4, -0.2) is 36.8 Å². The average Bonchev–Trinajstić information content (AvgIpc) is 3.05. The Labute approximate surface area is 180 Å². The maximum atomic E-state index is 12.8. The first-order valence-electron chi connectivity index (χ1n) is 9.48. The number of nitrogens with zero attached hydrogens (tertiary/aromatic N) is 1. The highest BCUT2D eigenvalue weighted by atomic mass is 127. The van der Waals surface area contributed by atoms with Crippen molar-refractivity contribution in [3.8, 4) is 0 Å².